The molecule has 0 rings (SSSR count). The van der Waals surface area contributed by atoms with E-state index >= 15 is 0 Å². The lowest BCUT2D eigenvalue weighted by Crippen LogP contribution is -1.80. The van der Waals surface area contributed by atoms with Gasteiger partial charge < -0.3 is 0 Å². The Labute approximate surface area is 108 Å². The third-order valence-corrected chi connectivity index (χ3v) is 2.73. The molecule has 0 bridgehead atoms. The summed E-state index contributed by atoms with van der Waals surface area (Å²) < 4.78 is 0. The van der Waals surface area contributed by atoms with Crippen LogP contribution < -0.4 is 0 Å². The van der Waals surface area contributed by atoms with Crippen molar-refractivity contribution in [2.45, 2.75) is 59.8 Å². The van der Waals surface area contributed by atoms with Crippen LogP contribution in [0.5, 0.6) is 0 Å². The van der Waals surface area contributed by atoms with Crippen molar-refractivity contribution in [3.05, 3.63) is 47.6 Å². The van der Waals surface area contributed by atoms with Gasteiger partial charge in [0.1, 0.15) is 0 Å². The summed E-state index contributed by atoms with van der Waals surface area (Å²) in [7, 11) is 0. The highest BCUT2D eigenvalue weighted by atomic mass is 14.0. The number of rotatable bonds is 8. The fourth-order valence-electron chi connectivity index (χ4n) is 1.56. The van der Waals surface area contributed by atoms with Gasteiger partial charge in [-0.1, -0.05) is 41.0 Å². The van der Waals surface area contributed by atoms with Crippen LogP contribution in [0.2, 0.25) is 0 Å². The zero-order chi connectivity index (χ0) is 13.1. The van der Waals surface area contributed by atoms with E-state index in [0.29, 0.717) is 0 Å². The van der Waals surface area contributed by atoms with Crippen LogP contribution in [0.3, 0.4) is 0 Å². The van der Waals surface area contributed by atoms with Gasteiger partial charge in [-0.25, -0.2) is 0 Å². The van der Waals surface area contributed by atoms with E-state index in [9.17, 15) is 0 Å². The van der Waals surface area contributed by atoms with Crippen molar-refractivity contribution in [3.63, 3.8) is 0 Å². The lowest BCUT2D eigenvalue weighted by atomic mass is 10.1. The van der Waals surface area contributed by atoms with Crippen LogP contribution in [0.15, 0.2) is 47.6 Å². The summed E-state index contributed by atoms with van der Waals surface area (Å²) in [6.07, 6.45) is 14.6. The molecule has 0 aliphatic carbocycles. The number of hydrogen-bond donors (Lipinski definition) is 0. The molecule has 0 aromatic rings. The Morgan fingerprint density at radius 3 is 2.12 bits per heavy atom. The van der Waals surface area contributed by atoms with Crippen molar-refractivity contribution in [2.75, 3.05) is 0 Å². The summed E-state index contributed by atoms with van der Waals surface area (Å²) >= 11 is 0. The fraction of sp³-hybridized carbons (Fsp3) is 0.529. The number of hydrogen-bond acceptors (Lipinski definition) is 0. The van der Waals surface area contributed by atoms with Gasteiger partial charge in [0, 0.05) is 0 Å². The van der Waals surface area contributed by atoms with Gasteiger partial charge in [0.15, 0.2) is 0 Å². The molecule has 0 aromatic heterocycles. The molecule has 0 saturated carbocycles. The van der Waals surface area contributed by atoms with Gasteiger partial charge >= 0.3 is 0 Å². The van der Waals surface area contributed by atoms with E-state index in [1.54, 1.807) is 0 Å². The third-order valence-electron chi connectivity index (χ3n) is 2.73. The first kappa shape index (κ1) is 16.0. The smallest absolute Gasteiger partial charge is 0.0139 e. The summed E-state index contributed by atoms with van der Waals surface area (Å²) in [4.78, 5) is 0. The zero-order valence-electron chi connectivity index (χ0n) is 12.1. The number of unbranched alkanes of at least 4 members (excludes halogenated alkanes) is 1. The Kier molecular flexibility index (Phi) is 9.52. The average molecular weight is 232 g/mol. The molecule has 0 unspecified atom stereocenters. The van der Waals surface area contributed by atoms with Gasteiger partial charge in [0.2, 0.25) is 0 Å². The first-order valence-corrected chi connectivity index (χ1v) is 6.61. The Balaban J connectivity index is 3.92. The molecule has 0 aliphatic rings. The van der Waals surface area contributed by atoms with Crippen molar-refractivity contribution < 1.29 is 0 Å². The molecule has 96 valence electrons. The molecule has 0 saturated heterocycles. The topological polar surface area (TPSA) is 0 Å². The maximum absolute atomic E-state index is 3.73. The van der Waals surface area contributed by atoms with Crippen LogP contribution in [-0.4, -0.2) is 0 Å². The highest BCUT2D eigenvalue weighted by molar-refractivity contribution is 5.10. The molecule has 0 fully saturated rings. The van der Waals surface area contributed by atoms with Gasteiger partial charge in [-0.3, -0.25) is 0 Å². The van der Waals surface area contributed by atoms with Crippen LogP contribution in [0.4, 0.5) is 0 Å². The lowest BCUT2D eigenvalue weighted by molar-refractivity contribution is 0.950. The molecule has 0 amide bonds. The quantitative estimate of drug-likeness (QED) is 0.356. The highest BCUT2D eigenvalue weighted by Gasteiger charge is 1.91. The van der Waals surface area contributed by atoms with Crippen molar-refractivity contribution in [1.29, 1.82) is 0 Å². The molecule has 0 aliphatic heterocycles. The van der Waals surface area contributed by atoms with Crippen molar-refractivity contribution in [3.8, 4) is 0 Å². The minimum atomic E-state index is 1.08. The Morgan fingerprint density at radius 1 is 0.824 bits per heavy atom. The summed E-state index contributed by atoms with van der Waals surface area (Å²) in [6.45, 7) is 12.5. The molecule has 0 nitrogen and oxygen atoms in total. The standard InChI is InChI=1S/C17H28/c1-6-7-8-11-16(4)13-14-17(5)12-9-10-15(2)3/h6,10-11,14H,1,7-9,12-13H2,2-5H3/b16-11+,17-14?. The molecule has 0 heteroatoms. The molecule has 0 heterocycles. The van der Waals surface area contributed by atoms with Gasteiger partial charge in [-0.05, 0) is 59.8 Å². The maximum atomic E-state index is 3.73. The molecule has 0 spiro atoms. The van der Waals surface area contributed by atoms with Gasteiger partial charge in [-0.15, -0.1) is 6.58 Å². The van der Waals surface area contributed by atoms with Crippen LogP contribution in [-0.2, 0) is 0 Å². The zero-order valence-corrected chi connectivity index (χ0v) is 12.1. The van der Waals surface area contributed by atoms with E-state index in [1.165, 1.54) is 29.6 Å². The largest absolute Gasteiger partial charge is 0.103 e. The van der Waals surface area contributed by atoms with Gasteiger partial charge in [-0.2, -0.15) is 0 Å². The summed E-state index contributed by atoms with van der Waals surface area (Å²) in [5.74, 6) is 0. The minimum absolute atomic E-state index is 1.08. The van der Waals surface area contributed by atoms with E-state index in [2.05, 4.69) is 52.5 Å². The Hall–Kier alpha value is -1.04. The summed E-state index contributed by atoms with van der Waals surface area (Å²) in [6, 6.07) is 0. The van der Waals surface area contributed by atoms with Gasteiger partial charge in [0.05, 0.1) is 0 Å². The van der Waals surface area contributed by atoms with Crippen molar-refractivity contribution >= 4 is 0 Å². The van der Waals surface area contributed by atoms with E-state index in [1.807, 2.05) is 6.08 Å². The second kappa shape index (κ2) is 10.1. The first-order valence-electron chi connectivity index (χ1n) is 6.61. The first-order chi connectivity index (χ1) is 8.06. The summed E-state index contributed by atoms with van der Waals surface area (Å²) in [5.41, 5.74) is 4.38. The van der Waals surface area contributed by atoms with E-state index < -0.39 is 0 Å². The van der Waals surface area contributed by atoms with Crippen LogP contribution >= 0.6 is 0 Å². The summed E-state index contributed by atoms with van der Waals surface area (Å²) in [5, 5.41) is 0. The molecular weight excluding hydrogens is 204 g/mol. The molecule has 0 atom stereocenters. The van der Waals surface area contributed by atoms with E-state index in [0.717, 1.165) is 19.3 Å². The molecule has 17 heavy (non-hydrogen) atoms. The molecular formula is C17H28. The Bertz CT molecular complexity index is 296. The predicted molar refractivity (Wildman–Crippen MR) is 80.2 cm³/mol. The SMILES string of the molecule is C=CCC/C=C(\C)CC=C(C)CCC=C(C)C. The fourth-order valence-corrected chi connectivity index (χ4v) is 1.56. The third kappa shape index (κ3) is 11.2. The monoisotopic (exact) mass is 232 g/mol. The molecule has 0 N–H and O–H groups in total. The van der Waals surface area contributed by atoms with E-state index in [4.69, 9.17) is 0 Å². The van der Waals surface area contributed by atoms with Crippen LogP contribution in [0.1, 0.15) is 59.8 Å². The number of allylic oxidation sites excluding steroid dienone is 7. The highest BCUT2D eigenvalue weighted by Crippen LogP contribution is 2.11. The maximum Gasteiger partial charge on any atom is -0.0139 e. The van der Waals surface area contributed by atoms with E-state index in [-0.39, 0.29) is 0 Å². The average Bonchev–Trinajstić information content (AvgIpc) is 2.26. The second-order valence-corrected chi connectivity index (χ2v) is 4.99. The van der Waals surface area contributed by atoms with Crippen molar-refractivity contribution in [2.24, 2.45) is 0 Å². The Morgan fingerprint density at radius 2 is 1.53 bits per heavy atom. The van der Waals surface area contributed by atoms with Gasteiger partial charge in [0.25, 0.3) is 0 Å². The molecule has 0 radical (unpaired) electrons. The minimum Gasteiger partial charge on any atom is -0.103 e. The second-order valence-electron chi connectivity index (χ2n) is 4.99. The lowest BCUT2D eigenvalue weighted by Gasteiger charge is -2.00. The van der Waals surface area contributed by atoms with Crippen LogP contribution in [0, 0.1) is 0 Å². The predicted octanol–water partition coefficient (Wildman–Crippen LogP) is 5.98. The van der Waals surface area contributed by atoms with Crippen LogP contribution in [0.25, 0.3) is 0 Å². The molecule has 0 aromatic carbocycles. The normalized spacial score (nSPS) is 12.5. The van der Waals surface area contributed by atoms with Crippen molar-refractivity contribution in [1.82, 2.24) is 0 Å².